The molecule has 0 saturated carbocycles. The molecule has 2 heterocycles. The number of fused-ring (bicyclic) bond motifs is 6. The number of para-hydroxylation sites is 1. The smallest absolute Gasteiger partial charge is 0.335 e. The summed E-state index contributed by atoms with van der Waals surface area (Å²) in [4.78, 5) is 22.4. The summed E-state index contributed by atoms with van der Waals surface area (Å²) in [5.41, 5.74) is 9.47. The Kier molecular flexibility index (Phi) is 14.4. The summed E-state index contributed by atoms with van der Waals surface area (Å²) in [5, 5.41) is 26.7. The zero-order valence-corrected chi connectivity index (χ0v) is 36.7. The van der Waals surface area contributed by atoms with Crippen LogP contribution in [0.1, 0.15) is 61.2 Å². The van der Waals surface area contributed by atoms with Gasteiger partial charge in [0.25, 0.3) is 0 Å². The van der Waals surface area contributed by atoms with Crippen molar-refractivity contribution in [3.05, 3.63) is 162 Å². The number of rotatable bonds is 9. The van der Waals surface area contributed by atoms with Crippen molar-refractivity contribution < 1.29 is 74.8 Å². The molecule has 6 aromatic carbocycles. The van der Waals surface area contributed by atoms with Crippen molar-refractivity contribution >= 4 is 62.0 Å². The zero-order valence-electron chi connectivity index (χ0n) is 34.4. The third-order valence-corrected chi connectivity index (χ3v) is 11.4. The molecule has 6 aromatic rings. The summed E-state index contributed by atoms with van der Waals surface area (Å²) < 4.78 is 38.4. The van der Waals surface area contributed by atoms with E-state index in [1.54, 1.807) is 12.1 Å². The number of carboxylic acids is 2. The summed E-state index contributed by atoms with van der Waals surface area (Å²) in [6, 6.07) is 42.8. The average Bonchev–Trinajstić information content (AvgIpc) is 3.55. The first-order valence-electron chi connectivity index (χ1n) is 19.3. The van der Waals surface area contributed by atoms with E-state index in [0.29, 0.717) is 12.1 Å². The number of carbonyl (C=O) groups is 2. The predicted molar refractivity (Wildman–Crippen MR) is 223 cm³/mol. The van der Waals surface area contributed by atoms with Gasteiger partial charge in [0.2, 0.25) is 11.4 Å². The first kappa shape index (κ1) is 46.3. The number of carboxylic acid groups (broad SMARTS) is 2. The Morgan fingerprint density at radius 2 is 1.25 bits per heavy atom. The number of nitrogens with one attached hydrogen (secondary N) is 1. The van der Waals surface area contributed by atoms with Crippen LogP contribution < -0.4 is 40.9 Å². The van der Waals surface area contributed by atoms with E-state index in [2.05, 4.69) is 122 Å². The summed E-state index contributed by atoms with van der Waals surface area (Å²) in [7, 11) is -2.82. The Balaban J connectivity index is 0.000000206. The van der Waals surface area contributed by atoms with E-state index in [4.69, 9.17) is 23.7 Å². The van der Waals surface area contributed by atoms with Crippen molar-refractivity contribution in [1.29, 1.82) is 0 Å². The minimum absolute atomic E-state index is 0. The molecule has 316 valence electrons. The van der Waals surface area contributed by atoms with Gasteiger partial charge in [0, 0.05) is 48.1 Å². The molecule has 61 heavy (non-hydrogen) atoms. The zero-order chi connectivity index (χ0) is 43.4. The highest BCUT2D eigenvalue weighted by molar-refractivity contribution is 6.08. The first-order chi connectivity index (χ1) is 28.4. The third-order valence-electron chi connectivity index (χ3n) is 11.4. The molecule has 0 bridgehead atoms. The van der Waals surface area contributed by atoms with Crippen molar-refractivity contribution in [2.24, 2.45) is 0 Å². The molecule has 3 N–H and O–H groups in total. The molecular formula is C48H47BrClN3O8. The van der Waals surface area contributed by atoms with E-state index < -0.39 is 22.2 Å². The van der Waals surface area contributed by atoms with Gasteiger partial charge in [-0.25, -0.2) is 28.0 Å². The van der Waals surface area contributed by atoms with Crippen LogP contribution in [-0.4, -0.2) is 56.3 Å². The second-order valence-corrected chi connectivity index (χ2v) is 16.3. The number of hydrogen-bond acceptors (Lipinski definition) is 7. The topological polar surface area (TPSA) is 185 Å². The second-order valence-electron chi connectivity index (χ2n) is 15.5. The van der Waals surface area contributed by atoms with Crippen LogP contribution in [-0.2, 0) is 22.0 Å². The molecule has 0 aliphatic carbocycles. The van der Waals surface area contributed by atoms with Gasteiger partial charge in [0.15, 0.2) is 18.0 Å². The number of halogens is 2. The largest absolute Gasteiger partial charge is 1.00 e. The molecule has 0 fully saturated rings. The second kappa shape index (κ2) is 18.9. The molecule has 13 heteroatoms. The summed E-state index contributed by atoms with van der Waals surface area (Å²) in [6.07, 6.45) is 4.94. The summed E-state index contributed by atoms with van der Waals surface area (Å²) >= 11 is 0. The number of allylic oxidation sites excluding steroid dienone is 1. The van der Waals surface area contributed by atoms with E-state index >= 15 is 0 Å². The molecule has 8 rings (SSSR count). The van der Waals surface area contributed by atoms with Crippen LogP contribution >= 0.6 is 0 Å². The van der Waals surface area contributed by atoms with Gasteiger partial charge in [-0.15, -0.1) is 10.2 Å². The average molecular weight is 909 g/mol. The summed E-state index contributed by atoms with van der Waals surface area (Å²) in [5.74, 6) is -1.68. The van der Waals surface area contributed by atoms with Crippen molar-refractivity contribution in [2.75, 3.05) is 18.9 Å². The lowest BCUT2D eigenvalue weighted by Crippen LogP contribution is -3.00. The standard InChI is InChI=1S/C25H24N2O2.C23H21NO2.BrH.ClHO4/c1-25(2)22(14-16-26-19-9-4-3-5-10-19)27(17-15-23(28)29)21-13-12-18-8-6-7-11-20(18)24(21)25;1-15-23(2,14-16-8-10-18(11-9-16)22(25)26)21-19-7-5-4-6-17(19)12-13-20(21)24(15)3;;2-1(3,4)5/h3-14,16H,15,17H2,1-2H3,(H,28,29);4-13H,14H2,1-3H3;1H;(H,2,3,4,5). The van der Waals surface area contributed by atoms with Gasteiger partial charge in [-0.3, -0.25) is 4.79 Å². The fraction of sp³-hybridized carbons (Fsp3) is 0.208. The molecule has 11 nitrogen and oxygen atoms in total. The predicted octanol–water partition coefficient (Wildman–Crippen LogP) is 2.35. The first-order valence-corrected chi connectivity index (χ1v) is 20.5. The van der Waals surface area contributed by atoms with Crippen molar-refractivity contribution in [2.45, 2.75) is 51.4 Å². The number of anilines is 1. The SMILES string of the molecule is CC1(C)C(/C=C/Nc2ccccc2)=[N+](CCC(=O)O)c2ccc3ccccc3c21.CC1=[N+](C)c2ccc3ccccc3c2C1(C)Cc1ccc(C(=O)O)cc1.[Br-].[O-][Cl+3]([O-])([O-])[O-]. The minimum atomic E-state index is -4.94. The van der Waals surface area contributed by atoms with Crippen LogP contribution in [0.15, 0.2) is 140 Å². The monoisotopic (exact) mass is 907 g/mol. The molecule has 1 atom stereocenters. The molecule has 1 unspecified atom stereocenters. The van der Waals surface area contributed by atoms with E-state index in [-0.39, 0.29) is 34.2 Å². The Hall–Kier alpha value is -5.73. The molecule has 0 saturated heterocycles. The number of aromatic carboxylic acids is 1. The van der Waals surface area contributed by atoms with Gasteiger partial charge in [-0.2, -0.15) is 4.58 Å². The van der Waals surface area contributed by atoms with E-state index in [1.165, 1.54) is 44.1 Å². The van der Waals surface area contributed by atoms with E-state index in [0.717, 1.165) is 29.1 Å². The molecule has 0 aromatic heterocycles. The Morgan fingerprint density at radius 1 is 0.721 bits per heavy atom. The van der Waals surface area contributed by atoms with Gasteiger partial charge in [-0.05, 0) is 90.7 Å². The lowest BCUT2D eigenvalue weighted by molar-refractivity contribution is -2.00. The van der Waals surface area contributed by atoms with Gasteiger partial charge >= 0.3 is 11.9 Å². The maximum absolute atomic E-state index is 11.3. The maximum Gasteiger partial charge on any atom is 0.335 e. The Morgan fingerprint density at radius 3 is 1.80 bits per heavy atom. The normalized spacial score (nSPS) is 16.3. The molecule has 0 spiro atoms. The molecule has 2 aliphatic rings. The van der Waals surface area contributed by atoms with Crippen molar-refractivity contribution in [3.8, 4) is 0 Å². The quantitative estimate of drug-likeness (QED) is 0.183. The van der Waals surface area contributed by atoms with E-state index in [1.807, 2.05) is 54.7 Å². The van der Waals surface area contributed by atoms with Crippen LogP contribution in [0.4, 0.5) is 17.1 Å². The Labute approximate surface area is 367 Å². The van der Waals surface area contributed by atoms with Gasteiger partial charge in [-0.1, -0.05) is 78.9 Å². The molecular weight excluding hydrogens is 862 g/mol. The van der Waals surface area contributed by atoms with Gasteiger partial charge in [0.1, 0.15) is 13.5 Å². The van der Waals surface area contributed by atoms with Crippen molar-refractivity contribution in [3.63, 3.8) is 0 Å². The highest BCUT2D eigenvalue weighted by atomic mass is 79.9. The number of aliphatic carboxylic acids is 1. The summed E-state index contributed by atoms with van der Waals surface area (Å²) in [6.45, 7) is 9.35. The molecule has 0 radical (unpaired) electrons. The molecule has 0 amide bonds. The van der Waals surface area contributed by atoms with Crippen LogP contribution in [0.25, 0.3) is 21.5 Å². The van der Waals surface area contributed by atoms with Crippen molar-refractivity contribution in [1.82, 2.24) is 0 Å². The fourth-order valence-electron chi connectivity index (χ4n) is 8.48. The van der Waals surface area contributed by atoms with Crippen LogP contribution in [0, 0.1) is 10.2 Å². The van der Waals surface area contributed by atoms with Crippen LogP contribution in [0.3, 0.4) is 0 Å². The number of nitrogens with zero attached hydrogens (tertiary/aromatic N) is 2. The lowest BCUT2D eigenvalue weighted by Gasteiger charge is -2.24. The molecule has 2 aliphatic heterocycles. The lowest BCUT2D eigenvalue weighted by atomic mass is 9.73. The van der Waals surface area contributed by atoms with E-state index in [9.17, 15) is 14.7 Å². The van der Waals surface area contributed by atoms with Gasteiger partial charge in [0.05, 0.1) is 16.4 Å². The Bertz CT molecular complexity index is 2670. The highest BCUT2D eigenvalue weighted by Gasteiger charge is 2.47. The number of benzene rings is 6. The highest BCUT2D eigenvalue weighted by Crippen LogP contribution is 2.46. The number of hydrogen-bond donors (Lipinski definition) is 3. The fourth-order valence-corrected chi connectivity index (χ4v) is 8.48. The van der Waals surface area contributed by atoms with Crippen LogP contribution in [0.2, 0.25) is 0 Å². The third kappa shape index (κ3) is 10.3. The van der Waals surface area contributed by atoms with Gasteiger partial charge < -0.3 is 32.5 Å². The van der Waals surface area contributed by atoms with Crippen LogP contribution in [0.5, 0.6) is 0 Å². The minimum Gasteiger partial charge on any atom is -1.00 e. The maximum atomic E-state index is 11.3.